The maximum absolute atomic E-state index is 12.6. The Bertz CT molecular complexity index is 1040. The summed E-state index contributed by atoms with van der Waals surface area (Å²) in [7, 11) is 1.83. The minimum atomic E-state index is -0.412. The Kier molecular flexibility index (Phi) is 5.21. The van der Waals surface area contributed by atoms with Crippen LogP contribution in [-0.2, 0) is 0 Å². The van der Waals surface area contributed by atoms with Crippen molar-refractivity contribution in [3.63, 3.8) is 0 Å². The molecule has 0 radical (unpaired) electrons. The summed E-state index contributed by atoms with van der Waals surface area (Å²) in [6.45, 7) is 10.1. The Morgan fingerprint density at radius 3 is 2.48 bits per heavy atom. The summed E-state index contributed by atoms with van der Waals surface area (Å²) in [6.07, 6.45) is 0. The fraction of sp³-hybridized carbons (Fsp3) is 0.227. The van der Waals surface area contributed by atoms with Crippen LogP contribution in [0, 0.1) is 0 Å². The molecule has 0 saturated carbocycles. The molecular formula is C22H25N3O2. The van der Waals surface area contributed by atoms with Crippen LogP contribution in [0.25, 0.3) is 16.7 Å². The molecule has 5 nitrogen and oxygen atoms in total. The summed E-state index contributed by atoms with van der Waals surface area (Å²) in [5, 5.41) is 0.857. The van der Waals surface area contributed by atoms with Gasteiger partial charge >= 0.3 is 5.63 Å². The number of hydrogen-bond donors (Lipinski definition) is 1. The van der Waals surface area contributed by atoms with Crippen LogP contribution in [-0.4, -0.2) is 20.1 Å². The Hall–Kier alpha value is -3.21. The Balaban J connectivity index is 2.01. The Morgan fingerprint density at radius 2 is 1.81 bits per heavy atom. The maximum atomic E-state index is 12.6. The average molecular weight is 363 g/mol. The Morgan fingerprint density at radius 1 is 1.11 bits per heavy atom. The van der Waals surface area contributed by atoms with Crippen LogP contribution in [0.4, 0.5) is 17.1 Å². The van der Waals surface area contributed by atoms with Gasteiger partial charge < -0.3 is 20.0 Å². The summed E-state index contributed by atoms with van der Waals surface area (Å²) in [4.78, 5) is 16.6. The van der Waals surface area contributed by atoms with Gasteiger partial charge in [-0.2, -0.15) is 0 Å². The van der Waals surface area contributed by atoms with E-state index >= 15 is 0 Å². The summed E-state index contributed by atoms with van der Waals surface area (Å²) in [6, 6.07) is 15.2. The lowest BCUT2D eigenvalue weighted by Crippen LogP contribution is -2.22. The third kappa shape index (κ3) is 3.53. The highest BCUT2D eigenvalue weighted by molar-refractivity contribution is 5.87. The van der Waals surface area contributed by atoms with Crippen LogP contribution in [0.5, 0.6) is 0 Å². The van der Waals surface area contributed by atoms with E-state index in [1.54, 1.807) is 4.90 Å². The van der Waals surface area contributed by atoms with Crippen molar-refractivity contribution >= 4 is 33.7 Å². The van der Waals surface area contributed by atoms with Crippen molar-refractivity contribution in [1.82, 2.24) is 0 Å². The summed E-state index contributed by atoms with van der Waals surface area (Å²) in [5.41, 5.74) is 9.62. The van der Waals surface area contributed by atoms with Crippen molar-refractivity contribution in [3.8, 4) is 0 Å². The maximum Gasteiger partial charge on any atom is 0.345 e. The second-order valence-corrected chi connectivity index (χ2v) is 6.41. The molecule has 1 heterocycles. The van der Waals surface area contributed by atoms with E-state index in [1.165, 1.54) is 0 Å². The van der Waals surface area contributed by atoms with Crippen molar-refractivity contribution in [2.75, 3.05) is 35.7 Å². The molecule has 5 heteroatoms. The average Bonchev–Trinajstić information content (AvgIpc) is 2.67. The molecule has 0 spiro atoms. The predicted octanol–water partition coefficient (Wildman–Crippen LogP) is 4.33. The zero-order valence-corrected chi connectivity index (χ0v) is 16.0. The molecule has 0 bridgehead atoms. The molecule has 2 aromatic carbocycles. The largest absolute Gasteiger partial charge is 0.422 e. The highest BCUT2D eigenvalue weighted by Crippen LogP contribution is 2.29. The minimum Gasteiger partial charge on any atom is -0.422 e. The lowest BCUT2D eigenvalue weighted by molar-refractivity contribution is 0.558. The fourth-order valence-corrected chi connectivity index (χ4v) is 3.21. The van der Waals surface area contributed by atoms with Crippen molar-refractivity contribution < 1.29 is 4.42 Å². The third-order valence-electron chi connectivity index (χ3n) is 4.86. The van der Waals surface area contributed by atoms with Gasteiger partial charge in [-0.05, 0) is 44.2 Å². The number of nitrogens with zero attached hydrogens (tertiary/aromatic N) is 2. The molecule has 140 valence electrons. The van der Waals surface area contributed by atoms with E-state index in [2.05, 4.69) is 25.3 Å². The van der Waals surface area contributed by atoms with Gasteiger partial charge in [0.05, 0.1) is 16.9 Å². The summed E-state index contributed by atoms with van der Waals surface area (Å²) < 4.78 is 5.61. The Labute approximate surface area is 159 Å². The zero-order valence-electron chi connectivity index (χ0n) is 16.0. The van der Waals surface area contributed by atoms with Crippen LogP contribution < -0.4 is 21.2 Å². The first kappa shape index (κ1) is 18.6. The number of nitrogens with two attached hydrogens (primary N) is 1. The van der Waals surface area contributed by atoms with Crippen molar-refractivity contribution in [3.05, 3.63) is 71.1 Å². The van der Waals surface area contributed by atoms with E-state index in [4.69, 9.17) is 10.2 Å². The number of benzene rings is 2. The number of rotatable bonds is 6. The molecule has 2 N–H and O–H groups in total. The normalized spacial score (nSPS) is 10.8. The molecule has 0 fully saturated rings. The van der Waals surface area contributed by atoms with Gasteiger partial charge in [-0.15, -0.1) is 0 Å². The highest BCUT2D eigenvalue weighted by Gasteiger charge is 2.15. The van der Waals surface area contributed by atoms with E-state index in [1.807, 2.05) is 55.6 Å². The quantitative estimate of drug-likeness (QED) is 0.522. The first-order valence-corrected chi connectivity index (χ1v) is 9.06. The topological polar surface area (TPSA) is 62.7 Å². The van der Waals surface area contributed by atoms with Gasteiger partial charge in [-0.3, -0.25) is 0 Å². The van der Waals surface area contributed by atoms with Crippen molar-refractivity contribution in [2.24, 2.45) is 0 Å². The number of fused-ring (bicyclic) bond motifs is 1. The van der Waals surface area contributed by atoms with E-state index in [9.17, 15) is 4.79 Å². The second-order valence-electron chi connectivity index (χ2n) is 6.41. The molecule has 0 saturated heterocycles. The minimum absolute atomic E-state index is 0.412. The molecule has 3 rings (SSSR count). The molecule has 0 aliphatic rings. The van der Waals surface area contributed by atoms with E-state index in [-0.39, 0.29) is 0 Å². The van der Waals surface area contributed by atoms with E-state index < -0.39 is 5.63 Å². The number of nitrogen functional groups attached to an aromatic ring is 1. The number of para-hydroxylation sites is 2. The molecule has 0 aliphatic heterocycles. The predicted molar refractivity (Wildman–Crippen MR) is 114 cm³/mol. The number of anilines is 3. The van der Waals surface area contributed by atoms with Crippen LogP contribution >= 0.6 is 0 Å². The first-order chi connectivity index (χ1) is 13.0. The van der Waals surface area contributed by atoms with Gasteiger partial charge in [0, 0.05) is 43.0 Å². The van der Waals surface area contributed by atoms with Crippen LogP contribution in [0.2, 0.25) is 0 Å². The SMILES string of the molecule is C=C(c1cc2ccc(N(CC)CC)cc2oc1=O)N(C)c1ccccc1N. The van der Waals surface area contributed by atoms with Gasteiger partial charge in [-0.1, -0.05) is 18.7 Å². The van der Waals surface area contributed by atoms with Gasteiger partial charge in [0.1, 0.15) is 5.58 Å². The standard InChI is InChI=1S/C22H25N3O2/c1-5-25(6-2)17-12-11-16-13-18(22(26)27-21(16)14-17)15(3)24(4)20-10-8-7-9-19(20)23/h7-14H,3,5-6,23H2,1-2,4H3. The van der Waals surface area contributed by atoms with Crippen molar-refractivity contribution in [2.45, 2.75) is 13.8 Å². The van der Waals surface area contributed by atoms with Crippen LogP contribution in [0.15, 0.2) is 64.3 Å². The van der Waals surface area contributed by atoms with Gasteiger partial charge in [0.15, 0.2) is 0 Å². The third-order valence-corrected chi connectivity index (χ3v) is 4.86. The molecule has 27 heavy (non-hydrogen) atoms. The second kappa shape index (κ2) is 7.58. The molecule has 0 atom stereocenters. The van der Waals surface area contributed by atoms with Crippen LogP contribution in [0.3, 0.4) is 0 Å². The van der Waals surface area contributed by atoms with Gasteiger partial charge in [0.2, 0.25) is 0 Å². The monoisotopic (exact) mass is 363 g/mol. The first-order valence-electron chi connectivity index (χ1n) is 9.06. The van der Waals surface area contributed by atoms with Crippen LogP contribution in [0.1, 0.15) is 19.4 Å². The molecule has 0 unspecified atom stereocenters. The van der Waals surface area contributed by atoms with Gasteiger partial charge in [0.25, 0.3) is 0 Å². The lowest BCUT2D eigenvalue weighted by atomic mass is 10.1. The molecule has 0 aliphatic carbocycles. The fourth-order valence-electron chi connectivity index (χ4n) is 3.21. The van der Waals surface area contributed by atoms with E-state index in [0.717, 1.165) is 29.9 Å². The van der Waals surface area contributed by atoms with E-state index in [0.29, 0.717) is 22.5 Å². The molecular weight excluding hydrogens is 338 g/mol. The van der Waals surface area contributed by atoms with Crippen molar-refractivity contribution in [1.29, 1.82) is 0 Å². The summed E-state index contributed by atoms with van der Waals surface area (Å²) >= 11 is 0. The zero-order chi connectivity index (χ0) is 19.6. The lowest BCUT2D eigenvalue weighted by Gasteiger charge is -2.23. The smallest absolute Gasteiger partial charge is 0.345 e. The summed E-state index contributed by atoms with van der Waals surface area (Å²) in [5.74, 6) is 0. The highest BCUT2D eigenvalue weighted by atomic mass is 16.4. The number of hydrogen-bond acceptors (Lipinski definition) is 5. The molecule has 1 aromatic heterocycles. The van der Waals surface area contributed by atoms with Gasteiger partial charge in [-0.25, -0.2) is 4.79 Å². The molecule has 3 aromatic rings. The molecule has 0 amide bonds.